The first-order valence-electron chi connectivity index (χ1n) is 12.6. The first-order valence-corrected chi connectivity index (χ1v) is 12.6. The van der Waals surface area contributed by atoms with Crippen LogP contribution in [-0.4, -0.2) is 61.6 Å². The first kappa shape index (κ1) is 24.0. The Morgan fingerprint density at radius 1 is 1.03 bits per heavy atom. The molecule has 2 amide bonds. The fraction of sp³-hybridized carbons (Fsp3) is 0.379. The van der Waals surface area contributed by atoms with Crippen LogP contribution >= 0.6 is 0 Å². The van der Waals surface area contributed by atoms with Gasteiger partial charge in [0, 0.05) is 37.1 Å². The highest BCUT2D eigenvalue weighted by molar-refractivity contribution is 6.08. The SMILES string of the molecule is CCN(Cc1ccc2c(c1)OCCO2)C(=O)[C@H]1CCCN(C(=O)c2ccc(OC)c3ccccc23)C1. The average molecular weight is 489 g/mol. The number of hydrogen-bond acceptors (Lipinski definition) is 5. The van der Waals surface area contributed by atoms with Gasteiger partial charge in [-0.25, -0.2) is 0 Å². The molecule has 0 aromatic heterocycles. The number of carbonyl (C=O) groups excluding carboxylic acids is 2. The topological polar surface area (TPSA) is 68.3 Å². The largest absolute Gasteiger partial charge is 0.496 e. The molecule has 7 nitrogen and oxygen atoms in total. The highest BCUT2D eigenvalue weighted by Crippen LogP contribution is 2.32. The second kappa shape index (κ2) is 10.5. The average Bonchev–Trinajstić information content (AvgIpc) is 2.94. The Kier molecular flexibility index (Phi) is 6.98. The van der Waals surface area contributed by atoms with E-state index in [1.807, 2.05) is 71.3 Å². The minimum absolute atomic E-state index is 0.0405. The predicted molar refractivity (Wildman–Crippen MR) is 138 cm³/mol. The number of ether oxygens (including phenoxy) is 3. The van der Waals surface area contributed by atoms with Crippen LogP contribution in [0.15, 0.2) is 54.6 Å². The molecule has 5 rings (SSSR count). The summed E-state index contributed by atoms with van der Waals surface area (Å²) in [4.78, 5) is 30.8. The number of piperidine rings is 1. The molecule has 1 fully saturated rings. The van der Waals surface area contributed by atoms with Gasteiger partial charge in [-0.3, -0.25) is 9.59 Å². The molecule has 0 bridgehead atoms. The van der Waals surface area contributed by atoms with Crippen molar-refractivity contribution < 1.29 is 23.8 Å². The number of hydrogen-bond donors (Lipinski definition) is 0. The quantitative estimate of drug-likeness (QED) is 0.510. The molecular weight excluding hydrogens is 456 g/mol. The lowest BCUT2D eigenvalue weighted by Gasteiger charge is -2.35. The number of likely N-dealkylation sites (tertiary alicyclic amines) is 1. The van der Waals surface area contributed by atoms with E-state index in [-0.39, 0.29) is 17.7 Å². The molecule has 0 radical (unpaired) electrons. The van der Waals surface area contributed by atoms with E-state index in [1.54, 1.807) is 7.11 Å². The predicted octanol–water partition coefficient (Wildman–Crippen LogP) is 4.52. The van der Waals surface area contributed by atoms with Crippen LogP contribution in [0.25, 0.3) is 10.8 Å². The van der Waals surface area contributed by atoms with Crippen molar-refractivity contribution in [3.05, 3.63) is 65.7 Å². The molecule has 0 spiro atoms. The number of rotatable bonds is 6. The Morgan fingerprint density at radius 2 is 1.81 bits per heavy atom. The zero-order chi connectivity index (χ0) is 25.1. The highest BCUT2D eigenvalue weighted by Gasteiger charge is 2.32. The molecule has 2 heterocycles. The van der Waals surface area contributed by atoms with Gasteiger partial charge in [0.15, 0.2) is 11.5 Å². The lowest BCUT2D eigenvalue weighted by atomic mass is 9.94. The summed E-state index contributed by atoms with van der Waals surface area (Å²) in [6.07, 6.45) is 1.58. The third-order valence-corrected chi connectivity index (χ3v) is 7.07. The van der Waals surface area contributed by atoms with Crippen LogP contribution in [0, 0.1) is 5.92 Å². The summed E-state index contributed by atoms with van der Waals surface area (Å²) in [6.45, 7) is 5.25. The summed E-state index contributed by atoms with van der Waals surface area (Å²) in [5.74, 6) is 2.04. The van der Waals surface area contributed by atoms with Crippen LogP contribution < -0.4 is 14.2 Å². The van der Waals surface area contributed by atoms with Crippen molar-refractivity contribution >= 4 is 22.6 Å². The van der Waals surface area contributed by atoms with Crippen molar-refractivity contribution in [1.82, 2.24) is 9.80 Å². The zero-order valence-corrected chi connectivity index (χ0v) is 20.9. The Hall–Kier alpha value is -3.74. The van der Waals surface area contributed by atoms with E-state index in [0.717, 1.165) is 46.4 Å². The van der Waals surface area contributed by atoms with E-state index >= 15 is 0 Å². The molecule has 0 saturated carbocycles. The highest BCUT2D eigenvalue weighted by atomic mass is 16.6. The van der Waals surface area contributed by atoms with E-state index < -0.39 is 0 Å². The van der Waals surface area contributed by atoms with Gasteiger partial charge in [-0.1, -0.05) is 30.3 Å². The van der Waals surface area contributed by atoms with Gasteiger partial charge >= 0.3 is 0 Å². The Bertz CT molecular complexity index is 1270. The fourth-order valence-corrected chi connectivity index (χ4v) is 5.18. The molecule has 2 aliphatic rings. The van der Waals surface area contributed by atoms with Crippen LogP contribution in [0.4, 0.5) is 0 Å². The molecule has 1 saturated heterocycles. The van der Waals surface area contributed by atoms with Gasteiger partial charge in [-0.15, -0.1) is 0 Å². The Balaban J connectivity index is 1.31. The summed E-state index contributed by atoms with van der Waals surface area (Å²) < 4.78 is 16.8. The number of benzene rings is 3. The van der Waals surface area contributed by atoms with E-state index in [9.17, 15) is 9.59 Å². The molecule has 1 atom stereocenters. The van der Waals surface area contributed by atoms with E-state index in [4.69, 9.17) is 14.2 Å². The van der Waals surface area contributed by atoms with E-state index in [0.29, 0.717) is 45.0 Å². The van der Waals surface area contributed by atoms with Gasteiger partial charge < -0.3 is 24.0 Å². The van der Waals surface area contributed by atoms with Gasteiger partial charge in [0.05, 0.1) is 13.0 Å². The molecule has 3 aromatic rings. The maximum Gasteiger partial charge on any atom is 0.254 e. The molecule has 0 N–H and O–H groups in total. The molecule has 3 aromatic carbocycles. The smallest absolute Gasteiger partial charge is 0.254 e. The van der Waals surface area contributed by atoms with Crippen LogP contribution in [-0.2, 0) is 11.3 Å². The van der Waals surface area contributed by atoms with Crippen molar-refractivity contribution in [2.24, 2.45) is 5.92 Å². The summed E-state index contributed by atoms with van der Waals surface area (Å²) in [6, 6.07) is 17.3. The lowest BCUT2D eigenvalue weighted by Crippen LogP contribution is -2.46. The second-order valence-corrected chi connectivity index (χ2v) is 9.28. The summed E-state index contributed by atoms with van der Waals surface area (Å²) in [5, 5.41) is 1.77. The van der Waals surface area contributed by atoms with Gasteiger partial charge in [-0.05, 0) is 55.0 Å². The zero-order valence-electron chi connectivity index (χ0n) is 20.9. The van der Waals surface area contributed by atoms with Crippen molar-refractivity contribution in [2.45, 2.75) is 26.3 Å². The maximum absolute atomic E-state index is 13.6. The maximum atomic E-state index is 13.6. The van der Waals surface area contributed by atoms with Gasteiger partial charge in [0.2, 0.25) is 5.91 Å². The minimum atomic E-state index is -0.218. The number of carbonyl (C=O) groups is 2. The molecule has 7 heteroatoms. The van der Waals surface area contributed by atoms with Crippen LogP contribution in [0.1, 0.15) is 35.7 Å². The molecule has 36 heavy (non-hydrogen) atoms. The third-order valence-electron chi connectivity index (χ3n) is 7.07. The Labute approximate surface area is 211 Å². The van der Waals surface area contributed by atoms with E-state index in [1.165, 1.54) is 0 Å². The van der Waals surface area contributed by atoms with Crippen LogP contribution in [0.2, 0.25) is 0 Å². The fourth-order valence-electron chi connectivity index (χ4n) is 5.18. The van der Waals surface area contributed by atoms with Crippen molar-refractivity contribution in [1.29, 1.82) is 0 Å². The normalized spacial score (nSPS) is 17.1. The number of amides is 2. The lowest BCUT2D eigenvalue weighted by molar-refractivity contribution is -0.137. The number of nitrogens with zero attached hydrogens (tertiary/aromatic N) is 2. The first-order chi connectivity index (χ1) is 17.6. The molecule has 2 aliphatic heterocycles. The molecular formula is C29H32N2O5. The van der Waals surface area contributed by atoms with Gasteiger partial charge in [-0.2, -0.15) is 0 Å². The Morgan fingerprint density at radius 3 is 2.58 bits per heavy atom. The van der Waals surface area contributed by atoms with Gasteiger partial charge in [0.25, 0.3) is 5.91 Å². The number of fused-ring (bicyclic) bond motifs is 2. The third kappa shape index (κ3) is 4.70. The van der Waals surface area contributed by atoms with Crippen LogP contribution in [0.5, 0.6) is 17.2 Å². The second-order valence-electron chi connectivity index (χ2n) is 9.28. The minimum Gasteiger partial charge on any atom is -0.496 e. The van der Waals surface area contributed by atoms with Crippen LogP contribution in [0.3, 0.4) is 0 Å². The van der Waals surface area contributed by atoms with Gasteiger partial charge in [0.1, 0.15) is 19.0 Å². The van der Waals surface area contributed by atoms with Crippen molar-refractivity contribution in [3.8, 4) is 17.2 Å². The standard InChI is InChI=1S/C29H32N2O5/c1-3-30(18-20-10-12-26-27(17-20)36-16-15-35-26)28(32)21-7-6-14-31(19-21)29(33)24-11-13-25(34-2)23-9-5-4-8-22(23)24/h4-5,8-13,17,21H,3,6-7,14-16,18-19H2,1-2H3/t21-/m0/s1. The molecule has 0 aliphatic carbocycles. The van der Waals surface area contributed by atoms with Crippen molar-refractivity contribution in [3.63, 3.8) is 0 Å². The molecule has 0 unspecified atom stereocenters. The summed E-state index contributed by atoms with van der Waals surface area (Å²) in [5.41, 5.74) is 1.64. The monoisotopic (exact) mass is 488 g/mol. The van der Waals surface area contributed by atoms with E-state index in [2.05, 4.69) is 0 Å². The summed E-state index contributed by atoms with van der Waals surface area (Å²) in [7, 11) is 1.63. The number of methoxy groups -OCH3 is 1. The molecule has 188 valence electrons. The van der Waals surface area contributed by atoms with Crippen molar-refractivity contribution in [2.75, 3.05) is 40.0 Å². The summed E-state index contributed by atoms with van der Waals surface area (Å²) >= 11 is 0.